The molecule has 10 nitrogen and oxygen atoms in total. The van der Waals surface area contributed by atoms with Crippen LogP contribution in [0, 0.1) is 17.0 Å². The predicted octanol–water partition coefficient (Wildman–Crippen LogP) is 2.90. The number of nitro groups is 1. The van der Waals surface area contributed by atoms with Crippen LogP contribution < -0.4 is 10.6 Å². The number of amides is 4. The van der Waals surface area contributed by atoms with Gasteiger partial charge in [0, 0.05) is 23.4 Å². The lowest BCUT2D eigenvalue weighted by Gasteiger charge is -2.12. The van der Waals surface area contributed by atoms with Crippen molar-refractivity contribution < 1.29 is 24.4 Å². The Kier molecular flexibility index (Phi) is 5.83. The Balaban J connectivity index is 1.79. The molecule has 0 saturated carbocycles. The third-order valence-corrected chi connectivity index (χ3v) is 4.76. The van der Waals surface area contributed by atoms with Gasteiger partial charge in [0.1, 0.15) is 18.0 Å². The largest absolute Gasteiger partial charge is 0.506 e. The number of phenolic OH excluding ortho intramolecular Hbond substituents is 1. The van der Waals surface area contributed by atoms with Gasteiger partial charge in [0.25, 0.3) is 11.6 Å². The van der Waals surface area contributed by atoms with E-state index in [1.807, 2.05) is 13.0 Å². The zero-order valence-corrected chi connectivity index (χ0v) is 17.1. The monoisotopic (exact) mass is 474 g/mol. The van der Waals surface area contributed by atoms with E-state index in [1.54, 1.807) is 18.2 Å². The van der Waals surface area contributed by atoms with Gasteiger partial charge in [-0.15, -0.1) is 0 Å². The second-order valence-corrected chi connectivity index (χ2v) is 7.27. The number of hydrogen-bond donors (Lipinski definition) is 3. The molecule has 1 saturated heterocycles. The highest BCUT2D eigenvalue weighted by Gasteiger charge is 2.35. The van der Waals surface area contributed by atoms with Crippen molar-refractivity contribution in [2.24, 2.45) is 0 Å². The fourth-order valence-corrected chi connectivity index (χ4v) is 3.22. The van der Waals surface area contributed by atoms with Gasteiger partial charge in [0.15, 0.2) is 0 Å². The number of hydrogen-bond acceptors (Lipinski definition) is 6. The Hall–Kier alpha value is -3.73. The van der Waals surface area contributed by atoms with E-state index in [0.29, 0.717) is 10.6 Å². The van der Waals surface area contributed by atoms with Crippen molar-refractivity contribution >= 4 is 51.2 Å². The molecule has 0 radical (unpaired) electrons. The second kappa shape index (κ2) is 8.33. The van der Waals surface area contributed by atoms with E-state index in [9.17, 15) is 29.6 Å². The number of halogens is 1. The van der Waals surface area contributed by atoms with E-state index in [-0.39, 0.29) is 27.2 Å². The summed E-state index contributed by atoms with van der Waals surface area (Å²) >= 11 is 3.00. The molecule has 1 heterocycles. The van der Waals surface area contributed by atoms with Crippen LogP contribution in [0.1, 0.15) is 11.1 Å². The molecule has 2 aromatic rings. The van der Waals surface area contributed by atoms with Crippen molar-refractivity contribution in [1.29, 1.82) is 0 Å². The minimum atomic E-state index is -0.824. The van der Waals surface area contributed by atoms with Gasteiger partial charge in [-0.05, 0) is 46.6 Å². The van der Waals surface area contributed by atoms with Crippen LogP contribution in [0.15, 0.2) is 46.6 Å². The summed E-state index contributed by atoms with van der Waals surface area (Å²) in [6.45, 7) is 1.33. The summed E-state index contributed by atoms with van der Waals surface area (Å²) in [7, 11) is 0. The van der Waals surface area contributed by atoms with E-state index in [1.165, 1.54) is 0 Å². The zero-order valence-electron chi connectivity index (χ0n) is 15.5. The van der Waals surface area contributed by atoms with Crippen LogP contribution in [0.5, 0.6) is 5.75 Å². The minimum absolute atomic E-state index is 0.0502. The molecule has 3 N–H and O–H groups in total. The number of carbonyl (C=O) groups is 3. The maximum absolute atomic E-state index is 12.5. The Morgan fingerprint density at radius 1 is 1.33 bits per heavy atom. The lowest BCUT2D eigenvalue weighted by molar-refractivity contribution is -0.385. The SMILES string of the molecule is Cc1cccc(NC(=O)CN2C(=O)N/C(=C/c3cc([N+](=O)[O-])cc(Br)c3O)C2=O)c1. The van der Waals surface area contributed by atoms with Gasteiger partial charge >= 0.3 is 6.03 Å². The van der Waals surface area contributed by atoms with Gasteiger partial charge in [0.2, 0.25) is 5.91 Å². The molecule has 2 aromatic carbocycles. The minimum Gasteiger partial charge on any atom is -0.506 e. The van der Waals surface area contributed by atoms with Gasteiger partial charge < -0.3 is 15.7 Å². The Morgan fingerprint density at radius 2 is 2.07 bits per heavy atom. The van der Waals surface area contributed by atoms with Crippen LogP contribution in [-0.2, 0) is 9.59 Å². The number of imide groups is 1. The van der Waals surface area contributed by atoms with E-state index >= 15 is 0 Å². The number of nitro benzene ring substituents is 1. The lowest BCUT2D eigenvalue weighted by Crippen LogP contribution is -2.38. The third kappa shape index (κ3) is 4.46. The topological polar surface area (TPSA) is 142 Å². The molecule has 0 aliphatic carbocycles. The Labute approximate surface area is 178 Å². The highest BCUT2D eigenvalue weighted by atomic mass is 79.9. The van der Waals surface area contributed by atoms with Crippen LogP contribution in [0.4, 0.5) is 16.2 Å². The Morgan fingerprint density at radius 3 is 2.73 bits per heavy atom. The van der Waals surface area contributed by atoms with Crippen molar-refractivity contribution in [1.82, 2.24) is 10.2 Å². The molecule has 11 heteroatoms. The van der Waals surface area contributed by atoms with Gasteiger partial charge in [0.05, 0.1) is 9.40 Å². The van der Waals surface area contributed by atoms with Crippen molar-refractivity contribution in [3.8, 4) is 5.75 Å². The van der Waals surface area contributed by atoms with Crippen LogP contribution in [0.3, 0.4) is 0 Å². The number of phenols is 1. The molecule has 30 heavy (non-hydrogen) atoms. The summed E-state index contributed by atoms with van der Waals surface area (Å²) < 4.78 is 0.0507. The second-order valence-electron chi connectivity index (χ2n) is 6.42. The zero-order chi connectivity index (χ0) is 22.0. The molecule has 4 amide bonds. The van der Waals surface area contributed by atoms with Crippen molar-refractivity contribution in [3.63, 3.8) is 0 Å². The maximum Gasteiger partial charge on any atom is 0.329 e. The van der Waals surface area contributed by atoms with Crippen molar-refractivity contribution in [2.45, 2.75) is 6.92 Å². The lowest BCUT2D eigenvalue weighted by atomic mass is 10.1. The number of urea groups is 1. The number of nitrogens with one attached hydrogen (secondary N) is 2. The summed E-state index contributed by atoms with van der Waals surface area (Å²) in [4.78, 5) is 48.0. The molecule has 1 aliphatic rings. The normalized spacial score (nSPS) is 14.7. The number of benzene rings is 2. The van der Waals surface area contributed by atoms with E-state index in [0.717, 1.165) is 23.8 Å². The van der Waals surface area contributed by atoms with Gasteiger partial charge in [-0.3, -0.25) is 19.7 Å². The maximum atomic E-state index is 12.5. The van der Waals surface area contributed by atoms with Crippen LogP contribution in [0.25, 0.3) is 6.08 Å². The molecular weight excluding hydrogens is 460 g/mol. The molecule has 0 spiro atoms. The standard InChI is InChI=1S/C19H15BrN4O6/c1-10-3-2-4-12(5-10)21-16(25)9-23-18(27)15(22-19(23)28)7-11-6-13(24(29)30)8-14(20)17(11)26/h2-8,26H,9H2,1H3,(H,21,25)(H,22,28)/b15-7+. The fourth-order valence-electron chi connectivity index (χ4n) is 2.76. The average Bonchev–Trinajstić information content (AvgIpc) is 2.92. The van der Waals surface area contributed by atoms with Crippen LogP contribution >= 0.6 is 15.9 Å². The molecule has 0 bridgehead atoms. The van der Waals surface area contributed by atoms with Gasteiger partial charge in [-0.2, -0.15) is 0 Å². The summed E-state index contributed by atoms with van der Waals surface area (Å²) in [5.74, 6) is -1.72. The summed E-state index contributed by atoms with van der Waals surface area (Å²) in [6.07, 6.45) is 1.10. The van der Waals surface area contributed by atoms with Gasteiger partial charge in [-0.25, -0.2) is 9.69 Å². The predicted molar refractivity (Wildman–Crippen MR) is 110 cm³/mol. The molecule has 0 atom stereocenters. The molecule has 154 valence electrons. The molecule has 3 rings (SSSR count). The first kappa shape index (κ1) is 21.0. The summed E-state index contributed by atoms with van der Waals surface area (Å²) in [5.41, 5.74) is 0.847. The number of non-ortho nitro benzene ring substituents is 1. The highest BCUT2D eigenvalue weighted by molar-refractivity contribution is 9.10. The van der Waals surface area contributed by atoms with E-state index < -0.39 is 29.3 Å². The van der Waals surface area contributed by atoms with E-state index in [4.69, 9.17) is 0 Å². The first-order chi connectivity index (χ1) is 14.2. The molecular formula is C19H15BrN4O6. The Bertz CT molecular complexity index is 1110. The van der Waals surface area contributed by atoms with Crippen LogP contribution in [0.2, 0.25) is 0 Å². The summed E-state index contributed by atoms with van der Waals surface area (Å²) in [5, 5.41) is 26.0. The van der Waals surface area contributed by atoms with Crippen molar-refractivity contribution in [3.05, 3.63) is 67.8 Å². The smallest absolute Gasteiger partial charge is 0.329 e. The first-order valence-electron chi connectivity index (χ1n) is 8.53. The number of anilines is 1. The fraction of sp³-hybridized carbons (Fsp3) is 0.105. The number of aromatic hydroxyl groups is 1. The number of rotatable bonds is 5. The molecule has 1 fully saturated rings. The third-order valence-electron chi connectivity index (χ3n) is 4.15. The summed E-state index contributed by atoms with van der Waals surface area (Å²) in [6, 6.07) is 8.35. The van der Waals surface area contributed by atoms with Crippen LogP contribution in [-0.4, -0.2) is 39.3 Å². The quantitative estimate of drug-likeness (QED) is 0.263. The molecule has 1 aliphatic heterocycles. The first-order valence-corrected chi connectivity index (χ1v) is 9.33. The highest BCUT2D eigenvalue weighted by Crippen LogP contribution is 2.34. The number of nitrogens with zero attached hydrogens (tertiary/aromatic N) is 2. The molecule has 0 unspecified atom stereocenters. The number of carbonyl (C=O) groups excluding carboxylic acids is 3. The average molecular weight is 475 g/mol. The van der Waals surface area contributed by atoms with Gasteiger partial charge in [-0.1, -0.05) is 12.1 Å². The van der Waals surface area contributed by atoms with Crippen molar-refractivity contribution in [2.75, 3.05) is 11.9 Å². The van der Waals surface area contributed by atoms with E-state index in [2.05, 4.69) is 26.6 Å². The molecule has 0 aromatic heterocycles. The number of aryl methyl sites for hydroxylation is 1.